The zero-order chi connectivity index (χ0) is 18.3. The third-order valence-electron chi connectivity index (χ3n) is 3.30. The summed E-state index contributed by atoms with van der Waals surface area (Å²) >= 11 is 14.9. The number of hydrogen-bond donors (Lipinski definition) is 2. The molecule has 1 aromatic carbocycles. The van der Waals surface area contributed by atoms with Crippen molar-refractivity contribution in [3.05, 3.63) is 45.5 Å². The van der Waals surface area contributed by atoms with Crippen molar-refractivity contribution < 1.29 is 0 Å². The maximum Gasteiger partial charge on any atom is 0.249 e. The standard InChI is InChI=1S/C14H8Cl2N8S2/c15-9-5-8(2-1-7(9)6-17)19-13-21-12(18)24(22-13)26-11-10(16)20-14-23(11)3-4-25-14/h1-5H,(H3,18,19,21,22). The Morgan fingerprint density at radius 3 is 2.92 bits per heavy atom. The Labute approximate surface area is 165 Å². The van der Waals surface area contributed by atoms with Crippen LogP contribution in [-0.4, -0.2) is 23.6 Å². The predicted molar refractivity (Wildman–Crippen MR) is 103 cm³/mol. The van der Waals surface area contributed by atoms with Gasteiger partial charge in [0.1, 0.15) is 11.1 Å². The number of halogens is 2. The van der Waals surface area contributed by atoms with E-state index in [-0.39, 0.29) is 11.9 Å². The molecule has 0 aliphatic rings. The van der Waals surface area contributed by atoms with Crippen LogP contribution >= 0.6 is 46.5 Å². The number of benzene rings is 1. The number of rotatable bonds is 4. The highest BCUT2D eigenvalue weighted by Crippen LogP contribution is 2.32. The molecule has 12 heteroatoms. The molecular weight excluding hydrogens is 415 g/mol. The minimum Gasteiger partial charge on any atom is -0.367 e. The Hall–Kier alpha value is -2.45. The van der Waals surface area contributed by atoms with Gasteiger partial charge in [0, 0.05) is 29.2 Å². The number of anilines is 3. The molecule has 0 spiro atoms. The number of fused-ring (bicyclic) bond motifs is 1. The van der Waals surface area contributed by atoms with Crippen LogP contribution in [0.1, 0.15) is 5.56 Å². The Morgan fingerprint density at radius 2 is 2.15 bits per heavy atom. The summed E-state index contributed by atoms with van der Waals surface area (Å²) in [5, 5.41) is 19.5. The van der Waals surface area contributed by atoms with Gasteiger partial charge in [-0.3, -0.25) is 4.40 Å². The number of nitrogens with one attached hydrogen (secondary N) is 1. The first-order valence-electron chi connectivity index (χ1n) is 7.04. The fraction of sp³-hybridized carbons (Fsp3) is 0. The van der Waals surface area contributed by atoms with E-state index in [2.05, 4.69) is 20.4 Å². The van der Waals surface area contributed by atoms with E-state index in [0.29, 0.717) is 26.5 Å². The largest absolute Gasteiger partial charge is 0.367 e. The molecule has 8 nitrogen and oxygen atoms in total. The second-order valence-electron chi connectivity index (χ2n) is 4.95. The first kappa shape index (κ1) is 17.0. The molecule has 0 bridgehead atoms. The van der Waals surface area contributed by atoms with Gasteiger partial charge in [0.15, 0.2) is 10.1 Å². The van der Waals surface area contributed by atoms with Crippen molar-refractivity contribution >= 4 is 69.0 Å². The van der Waals surface area contributed by atoms with Crippen LogP contribution in [0.15, 0.2) is 34.8 Å². The first-order chi connectivity index (χ1) is 12.5. The summed E-state index contributed by atoms with van der Waals surface area (Å²) in [5.74, 6) is 0.483. The smallest absolute Gasteiger partial charge is 0.249 e. The van der Waals surface area contributed by atoms with E-state index in [4.69, 9.17) is 34.2 Å². The molecule has 0 aliphatic heterocycles. The van der Waals surface area contributed by atoms with Crippen LogP contribution in [0.5, 0.6) is 0 Å². The molecule has 0 saturated heterocycles. The first-order valence-corrected chi connectivity index (χ1v) is 9.44. The summed E-state index contributed by atoms with van der Waals surface area (Å²) in [7, 11) is 0. The topological polar surface area (TPSA) is 110 Å². The van der Waals surface area contributed by atoms with Crippen LogP contribution in [0.3, 0.4) is 0 Å². The molecule has 0 unspecified atom stereocenters. The predicted octanol–water partition coefficient (Wildman–Crippen LogP) is 4.05. The lowest BCUT2D eigenvalue weighted by molar-refractivity contribution is 0.993. The Morgan fingerprint density at radius 1 is 1.31 bits per heavy atom. The number of imidazole rings is 1. The molecule has 0 amide bonds. The highest BCUT2D eigenvalue weighted by atomic mass is 35.5. The van der Waals surface area contributed by atoms with E-state index in [0.717, 1.165) is 4.96 Å². The fourth-order valence-electron chi connectivity index (χ4n) is 2.15. The summed E-state index contributed by atoms with van der Waals surface area (Å²) in [6.45, 7) is 0. The van der Waals surface area contributed by atoms with E-state index in [1.807, 2.05) is 22.0 Å². The van der Waals surface area contributed by atoms with Crippen molar-refractivity contribution in [2.24, 2.45) is 0 Å². The molecule has 0 aliphatic carbocycles. The molecule has 130 valence electrons. The van der Waals surface area contributed by atoms with Crippen LogP contribution in [0.2, 0.25) is 10.2 Å². The normalized spacial score (nSPS) is 11.0. The number of hydrogen-bond acceptors (Lipinski definition) is 8. The summed E-state index contributed by atoms with van der Waals surface area (Å²) in [5.41, 5.74) is 6.97. The zero-order valence-electron chi connectivity index (χ0n) is 12.7. The monoisotopic (exact) mass is 422 g/mol. The lowest BCUT2D eigenvalue weighted by Gasteiger charge is -2.03. The zero-order valence-corrected chi connectivity index (χ0v) is 15.9. The number of nitriles is 1. The van der Waals surface area contributed by atoms with Crippen LogP contribution in [0.25, 0.3) is 4.96 Å². The Balaban J connectivity index is 1.60. The molecule has 26 heavy (non-hydrogen) atoms. The van der Waals surface area contributed by atoms with Crippen molar-refractivity contribution in [3.8, 4) is 6.07 Å². The Bertz CT molecular complexity index is 1160. The SMILES string of the molecule is N#Cc1ccc(Nc2nc(N)n(Sc3c(Cl)nc4sccn34)n2)cc1Cl. The van der Waals surface area contributed by atoms with Gasteiger partial charge in [-0.15, -0.1) is 16.4 Å². The van der Waals surface area contributed by atoms with Crippen LogP contribution in [-0.2, 0) is 0 Å². The van der Waals surface area contributed by atoms with E-state index in [1.54, 1.807) is 18.2 Å². The highest BCUT2D eigenvalue weighted by molar-refractivity contribution is 7.97. The number of thiazole rings is 1. The number of nitrogen functional groups attached to an aromatic ring is 1. The number of nitrogens with two attached hydrogens (primary N) is 1. The molecule has 3 heterocycles. The van der Waals surface area contributed by atoms with Gasteiger partial charge in [0.05, 0.1) is 10.6 Å². The molecule has 4 aromatic rings. The van der Waals surface area contributed by atoms with E-state index >= 15 is 0 Å². The maximum absolute atomic E-state index is 8.92. The maximum atomic E-state index is 8.92. The molecule has 0 fully saturated rings. The van der Waals surface area contributed by atoms with E-state index < -0.39 is 0 Å². The van der Waals surface area contributed by atoms with Crippen molar-refractivity contribution in [2.75, 3.05) is 11.1 Å². The average molecular weight is 423 g/mol. The minimum atomic E-state index is 0.193. The third kappa shape index (κ3) is 3.06. The summed E-state index contributed by atoms with van der Waals surface area (Å²) in [4.78, 5) is 9.22. The van der Waals surface area contributed by atoms with Gasteiger partial charge in [0.2, 0.25) is 11.9 Å². The lowest BCUT2D eigenvalue weighted by atomic mass is 10.2. The van der Waals surface area contributed by atoms with Gasteiger partial charge in [-0.05, 0) is 18.2 Å². The second-order valence-corrected chi connectivity index (χ2v) is 7.51. The van der Waals surface area contributed by atoms with Crippen molar-refractivity contribution in [1.29, 1.82) is 5.26 Å². The van der Waals surface area contributed by atoms with E-state index in [1.165, 1.54) is 27.4 Å². The second kappa shape index (κ2) is 6.69. The van der Waals surface area contributed by atoms with Gasteiger partial charge in [-0.1, -0.05) is 23.2 Å². The summed E-state index contributed by atoms with van der Waals surface area (Å²) < 4.78 is 3.30. The van der Waals surface area contributed by atoms with Gasteiger partial charge < -0.3 is 11.1 Å². The number of nitrogens with zero attached hydrogens (tertiary/aromatic N) is 6. The van der Waals surface area contributed by atoms with Crippen LogP contribution in [0, 0.1) is 11.3 Å². The highest BCUT2D eigenvalue weighted by Gasteiger charge is 2.16. The third-order valence-corrected chi connectivity index (χ3v) is 5.75. The fourth-order valence-corrected chi connectivity index (χ4v) is 4.24. The van der Waals surface area contributed by atoms with Crippen LogP contribution in [0.4, 0.5) is 17.6 Å². The van der Waals surface area contributed by atoms with Crippen molar-refractivity contribution in [3.63, 3.8) is 0 Å². The van der Waals surface area contributed by atoms with Gasteiger partial charge in [-0.25, -0.2) is 4.98 Å². The molecule has 0 saturated carbocycles. The Kier molecular flexibility index (Phi) is 4.37. The molecule has 3 N–H and O–H groups in total. The van der Waals surface area contributed by atoms with Crippen molar-refractivity contribution in [1.82, 2.24) is 23.6 Å². The number of aromatic nitrogens is 5. The summed E-state index contributed by atoms with van der Waals surface area (Å²) in [6, 6.07) is 6.94. The molecule has 4 rings (SSSR count). The molecular formula is C14H8Cl2N8S2. The minimum absolute atomic E-state index is 0.193. The lowest BCUT2D eigenvalue weighted by Crippen LogP contribution is -1.98. The summed E-state index contributed by atoms with van der Waals surface area (Å²) in [6.07, 6.45) is 1.87. The van der Waals surface area contributed by atoms with Gasteiger partial charge >= 0.3 is 0 Å². The van der Waals surface area contributed by atoms with Crippen molar-refractivity contribution in [2.45, 2.75) is 5.03 Å². The molecule has 0 atom stereocenters. The molecule has 3 aromatic heterocycles. The van der Waals surface area contributed by atoms with Gasteiger partial charge in [0.25, 0.3) is 0 Å². The quantitative estimate of drug-likeness (QED) is 0.510. The van der Waals surface area contributed by atoms with Gasteiger partial charge in [-0.2, -0.15) is 14.3 Å². The van der Waals surface area contributed by atoms with E-state index in [9.17, 15) is 0 Å². The molecule has 0 radical (unpaired) electrons. The average Bonchev–Trinajstić information content (AvgIpc) is 3.26. The van der Waals surface area contributed by atoms with Crippen LogP contribution < -0.4 is 11.1 Å².